The Bertz CT molecular complexity index is 1490. The molecule has 9 nitrogen and oxygen atoms in total. The van der Waals surface area contributed by atoms with E-state index in [1.54, 1.807) is 35.0 Å². The number of rotatable bonds is 6. The number of primary amides is 1. The van der Waals surface area contributed by atoms with Crippen molar-refractivity contribution in [1.29, 1.82) is 0 Å². The molecule has 2 heterocycles. The molecule has 162 valence electrons. The SMILES string of the molecule is NC(=O)c1c(-c2ccc(Oc3ccccc3)cc2)[nH]n2cc(-c3cccc([N+](=O)[O-])c3)nc12. The minimum Gasteiger partial charge on any atom is -0.457 e. The smallest absolute Gasteiger partial charge is 0.270 e. The fourth-order valence-electron chi connectivity index (χ4n) is 3.60. The largest absolute Gasteiger partial charge is 0.457 e. The molecule has 0 aliphatic rings. The van der Waals surface area contributed by atoms with E-state index in [0.717, 1.165) is 11.3 Å². The molecular weight excluding hydrogens is 422 g/mol. The van der Waals surface area contributed by atoms with Gasteiger partial charge in [0.05, 0.1) is 22.5 Å². The lowest BCUT2D eigenvalue weighted by molar-refractivity contribution is -0.384. The van der Waals surface area contributed by atoms with Crippen LogP contribution in [0.3, 0.4) is 0 Å². The van der Waals surface area contributed by atoms with Crippen LogP contribution in [0, 0.1) is 10.1 Å². The van der Waals surface area contributed by atoms with Crippen LogP contribution in [0.2, 0.25) is 0 Å². The van der Waals surface area contributed by atoms with Gasteiger partial charge < -0.3 is 10.5 Å². The number of H-pyrrole nitrogens is 1. The molecule has 0 unspecified atom stereocenters. The standard InChI is InChI=1S/C24H17N5O4/c25-23(30)21-22(15-9-11-19(12-10-15)33-18-7-2-1-3-8-18)27-28-14-20(26-24(21)28)16-5-4-6-17(13-16)29(31)32/h1-14,27H,(H2,25,30). The van der Waals surface area contributed by atoms with Gasteiger partial charge in [-0.25, -0.2) is 9.50 Å². The van der Waals surface area contributed by atoms with Crippen LogP contribution in [0.15, 0.2) is 85.1 Å². The Labute approximate surface area is 187 Å². The Hall–Kier alpha value is -4.92. The number of nitro groups is 1. The minimum atomic E-state index is -0.642. The van der Waals surface area contributed by atoms with Crippen molar-refractivity contribution >= 4 is 17.2 Å². The first-order valence-corrected chi connectivity index (χ1v) is 9.98. The Morgan fingerprint density at radius 2 is 1.70 bits per heavy atom. The summed E-state index contributed by atoms with van der Waals surface area (Å²) in [6.07, 6.45) is 1.66. The highest BCUT2D eigenvalue weighted by molar-refractivity contribution is 6.05. The van der Waals surface area contributed by atoms with E-state index >= 15 is 0 Å². The number of fused-ring (bicyclic) bond motifs is 1. The van der Waals surface area contributed by atoms with Gasteiger partial charge in [0.2, 0.25) is 0 Å². The number of aromatic amines is 1. The highest BCUT2D eigenvalue weighted by Crippen LogP contribution is 2.31. The lowest BCUT2D eigenvalue weighted by Gasteiger charge is -2.07. The highest BCUT2D eigenvalue weighted by Gasteiger charge is 2.21. The van der Waals surface area contributed by atoms with Crippen molar-refractivity contribution in [3.63, 3.8) is 0 Å². The quantitative estimate of drug-likeness (QED) is 0.290. The van der Waals surface area contributed by atoms with E-state index in [9.17, 15) is 14.9 Å². The minimum absolute atomic E-state index is 0.0437. The number of carbonyl (C=O) groups is 1. The molecule has 3 aromatic carbocycles. The first-order valence-electron chi connectivity index (χ1n) is 9.98. The van der Waals surface area contributed by atoms with Crippen molar-refractivity contribution in [3.8, 4) is 34.0 Å². The number of imidazole rings is 1. The average Bonchev–Trinajstić information content (AvgIpc) is 3.38. The maximum Gasteiger partial charge on any atom is 0.270 e. The van der Waals surface area contributed by atoms with Crippen molar-refractivity contribution in [2.45, 2.75) is 0 Å². The van der Waals surface area contributed by atoms with Gasteiger partial charge in [0, 0.05) is 23.3 Å². The summed E-state index contributed by atoms with van der Waals surface area (Å²) >= 11 is 0. The fourth-order valence-corrected chi connectivity index (χ4v) is 3.60. The number of aromatic nitrogens is 3. The Balaban J connectivity index is 1.51. The van der Waals surface area contributed by atoms with Gasteiger partial charge in [-0.3, -0.25) is 20.0 Å². The maximum absolute atomic E-state index is 12.3. The number of hydrogen-bond donors (Lipinski definition) is 2. The molecule has 0 atom stereocenters. The van der Waals surface area contributed by atoms with Gasteiger partial charge in [0.25, 0.3) is 11.6 Å². The van der Waals surface area contributed by atoms with Crippen LogP contribution in [-0.2, 0) is 0 Å². The van der Waals surface area contributed by atoms with Gasteiger partial charge in [-0.05, 0) is 36.4 Å². The van der Waals surface area contributed by atoms with Gasteiger partial charge in [-0.2, -0.15) is 0 Å². The van der Waals surface area contributed by atoms with E-state index in [0.29, 0.717) is 28.3 Å². The van der Waals surface area contributed by atoms with Crippen molar-refractivity contribution in [1.82, 2.24) is 14.6 Å². The Morgan fingerprint density at radius 3 is 2.39 bits per heavy atom. The summed E-state index contributed by atoms with van der Waals surface area (Å²) in [5.41, 5.74) is 8.48. The number of nitrogens with one attached hydrogen (secondary N) is 1. The van der Waals surface area contributed by atoms with Crippen molar-refractivity contribution in [2.75, 3.05) is 0 Å². The summed E-state index contributed by atoms with van der Waals surface area (Å²) in [4.78, 5) is 27.4. The van der Waals surface area contributed by atoms with Crippen LogP contribution >= 0.6 is 0 Å². The number of ether oxygens (including phenoxy) is 1. The summed E-state index contributed by atoms with van der Waals surface area (Å²) in [6.45, 7) is 0. The molecule has 0 bridgehead atoms. The summed E-state index contributed by atoms with van der Waals surface area (Å²) in [5, 5.41) is 14.2. The zero-order chi connectivity index (χ0) is 22.9. The molecule has 1 amide bonds. The number of nitrogens with zero attached hydrogens (tertiary/aromatic N) is 3. The number of amides is 1. The normalized spacial score (nSPS) is 10.9. The van der Waals surface area contributed by atoms with Crippen LogP contribution in [-0.4, -0.2) is 25.4 Å². The van der Waals surface area contributed by atoms with Gasteiger partial charge in [0.15, 0.2) is 5.65 Å². The molecule has 3 N–H and O–H groups in total. The zero-order valence-electron chi connectivity index (χ0n) is 17.1. The van der Waals surface area contributed by atoms with E-state index in [2.05, 4.69) is 10.1 Å². The Morgan fingerprint density at radius 1 is 0.970 bits per heavy atom. The molecule has 5 aromatic rings. The van der Waals surface area contributed by atoms with E-state index in [1.807, 2.05) is 42.5 Å². The lowest BCUT2D eigenvalue weighted by Crippen LogP contribution is -2.12. The number of carbonyl (C=O) groups excluding carboxylic acids is 1. The lowest BCUT2D eigenvalue weighted by atomic mass is 10.1. The number of hydrogen-bond acceptors (Lipinski definition) is 5. The van der Waals surface area contributed by atoms with Crippen molar-refractivity contribution in [3.05, 3.63) is 101 Å². The van der Waals surface area contributed by atoms with E-state index in [-0.39, 0.29) is 11.3 Å². The molecule has 33 heavy (non-hydrogen) atoms. The third-order valence-corrected chi connectivity index (χ3v) is 5.13. The summed E-state index contributed by atoms with van der Waals surface area (Å²) < 4.78 is 7.40. The summed E-state index contributed by atoms with van der Waals surface area (Å²) in [6, 6.07) is 22.8. The summed E-state index contributed by atoms with van der Waals surface area (Å²) in [7, 11) is 0. The third kappa shape index (κ3) is 3.79. The molecule has 9 heteroatoms. The van der Waals surface area contributed by atoms with Crippen LogP contribution in [0.5, 0.6) is 11.5 Å². The number of non-ortho nitro benzene ring substituents is 1. The molecule has 0 spiro atoms. The molecule has 5 rings (SSSR count). The fraction of sp³-hybridized carbons (Fsp3) is 0. The number of benzene rings is 3. The second-order valence-corrected chi connectivity index (χ2v) is 7.29. The number of para-hydroxylation sites is 1. The second kappa shape index (κ2) is 7.97. The number of nitro benzene ring substituents is 1. The first kappa shape index (κ1) is 20.0. The predicted octanol–water partition coefficient (Wildman–Crippen LogP) is 4.80. The van der Waals surface area contributed by atoms with Gasteiger partial charge in [0.1, 0.15) is 17.1 Å². The monoisotopic (exact) mass is 439 g/mol. The first-order chi connectivity index (χ1) is 16.0. The predicted molar refractivity (Wildman–Crippen MR) is 122 cm³/mol. The molecule has 0 aliphatic heterocycles. The van der Waals surface area contributed by atoms with Crippen LogP contribution < -0.4 is 10.5 Å². The molecule has 0 saturated carbocycles. The van der Waals surface area contributed by atoms with Crippen molar-refractivity contribution < 1.29 is 14.5 Å². The second-order valence-electron chi connectivity index (χ2n) is 7.29. The van der Waals surface area contributed by atoms with Crippen molar-refractivity contribution in [2.24, 2.45) is 5.73 Å². The van der Waals surface area contributed by atoms with Gasteiger partial charge in [-0.1, -0.05) is 30.3 Å². The number of nitrogens with two attached hydrogens (primary N) is 1. The maximum atomic E-state index is 12.3. The van der Waals surface area contributed by atoms with E-state index in [4.69, 9.17) is 10.5 Å². The molecule has 0 radical (unpaired) electrons. The molecule has 0 saturated heterocycles. The van der Waals surface area contributed by atoms with Gasteiger partial charge >= 0.3 is 0 Å². The van der Waals surface area contributed by atoms with Gasteiger partial charge in [-0.15, -0.1) is 0 Å². The highest BCUT2D eigenvalue weighted by atomic mass is 16.6. The molecule has 0 fully saturated rings. The molecule has 0 aliphatic carbocycles. The van der Waals surface area contributed by atoms with E-state index in [1.165, 1.54) is 12.1 Å². The van der Waals surface area contributed by atoms with Crippen LogP contribution in [0.4, 0.5) is 5.69 Å². The van der Waals surface area contributed by atoms with Crippen LogP contribution in [0.25, 0.3) is 28.2 Å². The Kier molecular flexibility index (Phi) is 4.83. The molecule has 2 aromatic heterocycles. The molecular formula is C24H17N5O4. The zero-order valence-corrected chi connectivity index (χ0v) is 17.1. The third-order valence-electron chi connectivity index (χ3n) is 5.13. The van der Waals surface area contributed by atoms with E-state index < -0.39 is 10.8 Å². The summed E-state index contributed by atoms with van der Waals surface area (Å²) in [5.74, 6) is 0.724. The average molecular weight is 439 g/mol. The van der Waals surface area contributed by atoms with Crippen LogP contribution in [0.1, 0.15) is 10.4 Å². The topological polar surface area (TPSA) is 129 Å².